The van der Waals surface area contributed by atoms with Crippen LogP contribution in [-0.4, -0.2) is 36.1 Å². The van der Waals surface area contributed by atoms with Crippen LogP contribution in [-0.2, 0) is 9.53 Å². The third-order valence-corrected chi connectivity index (χ3v) is 2.46. The molecule has 0 fully saturated rings. The van der Waals surface area contributed by atoms with E-state index in [0.717, 1.165) is 0 Å². The minimum absolute atomic E-state index is 0.0171. The number of nitrogens with zero attached hydrogens (tertiary/aromatic N) is 3. The van der Waals surface area contributed by atoms with Gasteiger partial charge >= 0.3 is 5.97 Å². The Bertz CT molecular complexity index is 436. The summed E-state index contributed by atoms with van der Waals surface area (Å²) in [6.45, 7) is 2.90. The van der Waals surface area contributed by atoms with Crippen LogP contribution in [0.2, 0.25) is 0 Å². The number of pyridine rings is 1. The fourth-order valence-corrected chi connectivity index (χ4v) is 1.46. The normalized spacial score (nSPS) is 9.89. The van der Waals surface area contributed by atoms with Gasteiger partial charge in [0.15, 0.2) is 0 Å². The largest absolute Gasteiger partial charge is 0.469 e. The Balaban J connectivity index is 2.78. The van der Waals surface area contributed by atoms with Crippen molar-refractivity contribution in [2.75, 3.05) is 25.1 Å². The Morgan fingerprint density at radius 1 is 1.61 bits per heavy atom. The van der Waals surface area contributed by atoms with Crippen molar-refractivity contribution in [3.63, 3.8) is 0 Å². The van der Waals surface area contributed by atoms with Crippen LogP contribution in [0, 0.1) is 10.1 Å². The molecule has 1 aromatic rings. The lowest BCUT2D eigenvalue weighted by Gasteiger charge is -2.20. The second-order valence-electron chi connectivity index (χ2n) is 3.54. The summed E-state index contributed by atoms with van der Waals surface area (Å²) in [6.07, 6.45) is 1.60. The molecule has 0 radical (unpaired) electrons. The van der Waals surface area contributed by atoms with Crippen molar-refractivity contribution in [1.29, 1.82) is 0 Å². The molecule has 0 aliphatic carbocycles. The number of ether oxygens (including phenoxy) is 1. The van der Waals surface area contributed by atoms with Gasteiger partial charge < -0.3 is 9.64 Å². The molecular formula is C11H15N3O4. The van der Waals surface area contributed by atoms with Crippen LogP contribution in [0.4, 0.5) is 11.5 Å². The predicted octanol–water partition coefficient (Wildman–Crippen LogP) is 1.38. The van der Waals surface area contributed by atoms with E-state index in [1.807, 2.05) is 6.92 Å². The fourth-order valence-electron chi connectivity index (χ4n) is 1.46. The highest BCUT2D eigenvalue weighted by atomic mass is 16.6. The smallest absolute Gasteiger partial charge is 0.307 e. The number of hydrogen-bond acceptors (Lipinski definition) is 6. The highest BCUT2D eigenvalue weighted by Crippen LogP contribution is 2.18. The highest BCUT2D eigenvalue weighted by molar-refractivity contribution is 5.70. The molecule has 0 aliphatic heterocycles. The maximum absolute atomic E-state index is 11.1. The number of rotatable bonds is 6. The summed E-state index contributed by atoms with van der Waals surface area (Å²) >= 11 is 0. The van der Waals surface area contributed by atoms with E-state index in [4.69, 9.17) is 0 Å². The number of anilines is 1. The summed E-state index contributed by atoms with van der Waals surface area (Å²) in [5.41, 5.74) is -0.0171. The molecule has 1 heterocycles. The van der Waals surface area contributed by atoms with Crippen LogP contribution in [0.5, 0.6) is 0 Å². The van der Waals surface area contributed by atoms with Gasteiger partial charge in [0.2, 0.25) is 0 Å². The van der Waals surface area contributed by atoms with Gasteiger partial charge in [0.05, 0.1) is 24.5 Å². The van der Waals surface area contributed by atoms with Gasteiger partial charge in [-0.25, -0.2) is 4.98 Å². The SMILES string of the molecule is CCN(CCC(=O)OC)c1cc([N+](=O)[O-])ccn1. The number of aromatic nitrogens is 1. The molecule has 0 unspecified atom stereocenters. The van der Waals surface area contributed by atoms with Crippen molar-refractivity contribution in [3.8, 4) is 0 Å². The van der Waals surface area contributed by atoms with Gasteiger partial charge in [0, 0.05) is 25.4 Å². The maximum Gasteiger partial charge on any atom is 0.307 e. The Kier molecular flexibility index (Phi) is 5.04. The number of carbonyl (C=O) groups is 1. The first kappa shape index (κ1) is 13.9. The molecule has 18 heavy (non-hydrogen) atoms. The van der Waals surface area contributed by atoms with Gasteiger partial charge in [-0.15, -0.1) is 0 Å². The third-order valence-electron chi connectivity index (χ3n) is 2.46. The number of methoxy groups -OCH3 is 1. The topological polar surface area (TPSA) is 85.6 Å². The Morgan fingerprint density at radius 3 is 2.89 bits per heavy atom. The zero-order chi connectivity index (χ0) is 13.5. The van der Waals surface area contributed by atoms with Gasteiger partial charge in [-0.05, 0) is 6.92 Å². The number of hydrogen-bond donors (Lipinski definition) is 0. The van der Waals surface area contributed by atoms with E-state index in [1.165, 1.54) is 25.4 Å². The monoisotopic (exact) mass is 253 g/mol. The molecule has 0 bridgehead atoms. The summed E-state index contributed by atoms with van der Waals surface area (Å²) in [5, 5.41) is 10.7. The average Bonchev–Trinajstić information content (AvgIpc) is 2.39. The van der Waals surface area contributed by atoms with Crippen LogP contribution in [0.1, 0.15) is 13.3 Å². The zero-order valence-electron chi connectivity index (χ0n) is 10.3. The quantitative estimate of drug-likeness (QED) is 0.432. The standard InChI is InChI=1S/C11H15N3O4/c1-3-13(7-5-11(15)18-2)10-8-9(14(16)17)4-6-12-10/h4,6,8H,3,5,7H2,1-2H3. The average molecular weight is 253 g/mol. The zero-order valence-corrected chi connectivity index (χ0v) is 10.3. The highest BCUT2D eigenvalue weighted by Gasteiger charge is 2.13. The molecular weight excluding hydrogens is 238 g/mol. The Hall–Kier alpha value is -2.18. The molecule has 98 valence electrons. The number of nitro groups is 1. The van der Waals surface area contributed by atoms with E-state index >= 15 is 0 Å². The fraction of sp³-hybridized carbons (Fsp3) is 0.455. The van der Waals surface area contributed by atoms with Crippen molar-refractivity contribution >= 4 is 17.5 Å². The second kappa shape index (κ2) is 6.53. The van der Waals surface area contributed by atoms with E-state index in [1.54, 1.807) is 4.90 Å². The molecule has 1 rings (SSSR count). The maximum atomic E-state index is 11.1. The Labute approximate surface area is 105 Å². The van der Waals surface area contributed by atoms with Gasteiger partial charge in [-0.3, -0.25) is 14.9 Å². The van der Waals surface area contributed by atoms with Crippen molar-refractivity contribution in [2.45, 2.75) is 13.3 Å². The van der Waals surface area contributed by atoms with E-state index in [-0.39, 0.29) is 18.1 Å². The van der Waals surface area contributed by atoms with Crippen molar-refractivity contribution in [3.05, 3.63) is 28.4 Å². The molecule has 0 aromatic carbocycles. The molecule has 7 nitrogen and oxygen atoms in total. The van der Waals surface area contributed by atoms with E-state index in [9.17, 15) is 14.9 Å². The summed E-state index contributed by atoms with van der Waals surface area (Å²) in [5.74, 6) is 0.162. The molecule has 0 spiro atoms. The van der Waals surface area contributed by atoms with Crippen molar-refractivity contribution in [1.82, 2.24) is 4.98 Å². The van der Waals surface area contributed by atoms with Gasteiger partial charge in [-0.1, -0.05) is 0 Å². The van der Waals surface area contributed by atoms with Gasteiger partial charge in [-0.2, -0.15) is 0 Å². The van der Waals surface area contributed by atoms with Crippen LogP contribution in [0.25, 0.3) is 0 Å². The number of esters is 1. The summed E-state index contributed by atoms with van der Waals surface area (Å²) < 4.78 is 4.55. The molecule has 1 aromatic heterocycles. The lowest BCUT2D eigenvalue weighted by Crippen LogP contribution is -2.27. The van der Waals surface area contributed by atoms with Crippen LogP contribution in [0.3, 0.4) is 0 Å². The molecule has 0 amide bonds. The molecule has 0 N–H and O–H groups in total. The summed E-state index contributed by atoms with van der Waals surface area (Å²) in [4.78, 5) is 27.1. The van der Waals surface area contributed by atoms with Gasteiger partial charge in [0.25, 0.3) is 5.69 Å². The third kappa shape index (κ3) is 3.69. The minimum Gasteiger partial charge on any atom is -0.469 e. The van der Waals surface area contributed by atoms with Crippen LogP contribution >= 0.6 is 0 Å². The first-order valence-corrected chi connectivity index (χ1v) is 5.50. The number of carbonyl (C=O) groups excluding carboxylic acids is 1. The molecule has 0 aliphatic rings. The van der Waals surface area contributed by atoms with Crippen molar-refractivity contribution in [2.24, 2.45) is 0 Å². The molecule has 0 atom stereocenters. The predicted molar refractivity (Wildman–Crippen MR) is 65.4 cm³/mol. The molecule has 0 saturated carbocycles. The van der Waals surface area contributed by atoms with Crippen LogP contribution in [0.15, 0.2) is 18.3 Å². The Morgan fingerprint density at radius 2 is 2.33 bits per heavy atom. The summed E-state index contributed by atoms with van der Waals surface area (Å²) in [7, 11) is 1.32. The summed E-state index contributed by atoms with van der Waals surface area (Å²) in [6, 6.07) is 2.72. The second-order valence-corrected chi connectivity index (χ2v) is 3.54. The molecule has 7 heteroatoms. The van der Waals surface area contributed by atoms with E-state index in [0.29, 0.717) is 18.9 Å². The van der Waals surface area contributed by atoms with Gasteiger partial charge in [0.1, 0.15) is 5.82 Å². The lowest BCUT2D eigenvalue weighted by atomic mass is 10.3. The first-order chi connectivity index (χ1) is 8.58. The molecule has 0 saturated heterocycles. The van der Waals surface area contributed by atoms with Crippen molar-refractivity contribution < 1.29 is 14.5 Å². The lowest BCUT2D eigenvalue weighted by molar-refractivity contribution is -0.384. The van der Waals surface area contributed by atoms with E-state index in [2.05, 4.69) is 9.72 Å². The van der Waals surface area contributed by atoms with E-state index < -0.39 is 4.92 Å². The van der Waals surface area contributed by atoms with Crippen LogP contribution < -0.4 is 4.90 Å². The first-order valence-electron chi connectivity index (χ1n) is 5.50. The minimum atomic E-state index is -0.473.